The number of nitrogens with one attached hydrogen (secondary N) is 1. The Bertz CT molecular complexity index is 485. The molecule has 0 amide bonds. The van der Waals surface area contributed by atoms with Crippen LogP contribution in [0, 0.1) is 0 Å². The molecule has 0 radical (unpaired) electrons. The third-order valence-electron chi connectivity index (χ3n) is 2.16. The molecular formula is C12H13N3O2. The first-order valence-corrected chi connectivity index (χ1v) is 5.19. The minimum Gasteiger partial charge on any atom is -0.507 e. The van der Waals surface area contributed by atoms with Crippen molar-refractivity contribution in [1.29, 1.82) is 0 Å². The Hall–Kier alpha value is -2.14. The summed E-state index contributed by atoms with van der Waals surface area (Å²) in [7, 11) is 1.79. The van der Waals surface area contributed by atoms with Crippen molar-refractivity contribution < 1.29 is 9.84 Å². The second-order valence-electron chi connectivity index (χ2n) is 3.40. The Balaban J connectivity index is 2.21. The fourth-order valence-electron chi connectivity index (χ4n) is 1.35. The monoisotopic (exact) mass is 231 g/mol. The number of ether oxygens (including phenoxy) is 1. The summed E-state index contributed by atoms with van der Waals surface area (Å²) in [5, 5.41) is 12.5. The van der Waals surface area contributed by atoms with E-state index in [1.165, 1.54) is 0 Å². The van der Waals surface area contributed by atoms with E-state index < -0.39 is 0 Å². The predicted octanol–water partition coefficient (Wildman–Crippen LogP) is 1.40. The van der Waals surface area contributed by atoms with Gasteiger partial charge in [0.05, 0.1) is 18.0 Å². The maximum Gasteiger partial charge on any atom is 0.163 e. The lowest BCUT2D eigenvalue weighted by Crippen LogP contribution is -2.14. The summed E-state index contributed by atoms with van der Waals surface area (Å²) in [6.07, 6.45) is 3.15. The molecule has 0 spiro atoms. The summed E-state index contributed by atoms with van der Waals surface area (Å²) in [5.74, 6) is 1.22. The van der Waals surface area contributed by atoms with Crippen LogP contribution in [0.25, 0.3) is 11.4 Å². The molecule has 0 aliphatic rings. The Labute approximate surface area is 99.1 Å². The van der Waals surface area contributed by atoms with E-state index >= 15 is 0 Å². The third kappa shape index (κ3) is 2.70. The fourth-order valence-corrected chi connectivity index (χ4v) is 1.35. The van der Waals surface area contributed by atoms with Crippen molar-refractivity contribution in [1.82, 2.24) is 15.3 Å². The van der Waals surface area contributed by atoms with Crippen LogP contribution in [0.2, 0.25) is 0 Å². The summed E-state index contributed by atoms with van der Waals surface area (Å²) in [6, 6.07) is 6.94. The van der Waals surface area contributed by atoms with Gasteiger partial charge in [0.2, 0.25) is 0 Å². The molecule has 1 aromatic heterocycles. The van der Waals surface area contributed by atoms with Crippen LogP contribution in [0.1, 0.15) is 0 Å². The topological polar surface area (TPSA) is 67.3 Å². The number of hydrogen-bond donors (Lipinski definition) is 2. The molecule has 0 bridgehead atoms. The summed E-state index contributed by atoms with van der Waals surface area (Å²) >= 11 is 0. The van der Waals surface area contributed by atoms with Crippen molar-refractivity contribution in [2.24, 2.45) is 0 Å². The number of phenolic OH excluding ortho intramolecular Hbond substituents is 1. The van der Waals surface area contributed by atoms with Gasteiger partial charge in [-0.2, -0.15) is 0 Å². The largest absolute Gasteiger partial charge is 0.507 e. The molecule has 0 aliphatic carbocycles. The lowest BCUT2D eigenvalue weighted by Gasteiger charge is -2.05. The van der Waals surface area contributed by atoms with E-state index in [4.69, 9.17) is 4.74 Å². The Kier molecular flexibility index (Phi) is 3.52. The van der Waals surface area contributed by atoms with Crippen LogP contribution in [0.5, 0.6) is 11.5 Å². The normalized spacial score (nSPS) is 10.2. The molecule has 1 aromatic carbocycles. The number of phenols is 1. The van der Waals surface area contributed by atoms with Crippen molar-refractivity contribution in [2.45, 2.75) is 0 Å². The van der Waals surface area contributed by atoms with Crippen molar-refractivity contribution in [3.8, 4) is 22.9 Å². The van der Waals surface area contributed by atoms with E-state index in [1.807, 2.05) is 6.07 Å². The van der Waals surface area contributed by atoms with Gasteiger partial charge in [0.25, 0.3) is 0 Å². The zero-order chi connectivity index (χ0) is 12.1. The van der Waals surface area contributed by atoms with E-state index in [-0.39, 0.29) is 5.75 Å². The summed E-state index contributed by atoms with van der Waals surface area (Å²) < 4.78 is 5.28. The minimum absolute atomic E-state index is 0.163. The molecule has 2 N–H and O–H groups in total. The van der Waals surface area contributed by atoms with Gasteiger partial charge in [0.15, 0.2) is 11.6 Å². The molecule has 0 aliphatic heterocycles. The SMILES string of the molecule is CNCOc1cnc(-c2ccccc2O)nc1. The lowest BCUT2D eigenvalue weighted by atomic mass is 10.2. The molecule has 1 heterocycles. The molecule has 0 saturated carbocycles. The number of aromatic nitrogens is 2. The second kappa shape index (κ2) is 5.27. The van der Waals surface area contributed by atoms with Gasteiger partial charge < -0.3 is 9.84 Å². The van der Waals surface area contributed by atoms with Crippen LogP contribution in [-0.2, 0) is 0 Å². The summed E-state index contributed by atoms with van der Waals surface area (Å²) in [5.41, 5.74) is 0.604. The molecule has 88 valence electrons. The van der Waals surface area contributed by atoms with E-state index in [0.717, 1.165) is 0 Å². The Morgan fingerprint density at radius 1 is 1.24 bits per heavy atom. The zero-order valence-electron chi connectivity index (χ0n) is 9.42. The molecule has 0 atom stereocenters. The van der Waals surface area contributed by atoms with Crippen LogP contribution in [-0.4, -0.2) is 28.9 Å². The number of aromatic hydroxyl groups is 1. The molecule has 0 fully saturated rings. The van der Waals surface area contributed by atoms with Gasteiger partial charge in [0.1, 0.15) is 12.5 Å². The van der Waals surface area contributed by atoms with Crippen LogP contribution >= 0.6 is 0 Å². The average Bonchev–Trinajstić information content (AvgIpc) is 2.38. The highest BCUT2D eigenvalue weighted by Gasteiger charge is 2.06. The molecule has 17 heavy (non-hydrogen) atoms. The molecular weight excluding hydrogens is 218 g/mol. The second-order valence-corrected chi connectivity index (χ2v) is 3.40. The highest BCUT2D eigenvalue weighted by Crippen LogP contribution is 2.25. The van der Waals surface area contributed by atoms with Crippen LogP contribution in [0.15, 0.2) is 36.7 Å². The number of para-hydroxylation sites is 1. The Morgan fingerprint density at radius 2 is 1.94 bits per heavy atom. The predicted molar refractivity (Wildman–Crippen MR) is 63.7 cm³/mol. The molecule has 0 saturated heterocycles. The number of benzene rings is 1. The standard InChI is InChI=1S/C12H13N3O2/c1-13-8-17-9-6-14-12(15-7-9)10-4-2-3-5-11(10)16/h2-7,13,16H,8H2,1H3. The molecule has 5 heteroatoms. The first-order chi connectivity index (χ1) is 8.31. The van der Waals surface area contributed by atoms with Crippen LogP contribution < -0.4 is 10.1 Å². The van der Waals surface area contributed by atoms with Crippen LogP contribution in [0.4, 0.5) is 0 Å². The smallest absolute Gasteiger partial charge is 0.163 e. The van der Waals surface area contributed by atoms with Gasteiger partial charge in [-0.05, 0) is 19.2 Å². The molecule has 2 aromatic rings. The molecule has 2 rings (SSSR count). The lowest BCUT2D eigenvalue weighted by molar-refractivity contribution is 0.293. The summed E-state index contributed by atoms with van der Waals surface area (Å²) in [6.45, 7) is 0.402. The van der Waals surface area contributed by atoms with Gasteiger partial charge in [-0.15, -0.1) is 0 Å². The highest BCUT2D eigenvalue weighted by atomic mass is 16.5. The van der Waals surface area contributed by atoms with Gasteiger partial charge in [0, 0.05) is 0 Å². The fraction of sp³-hybridized carbons (Fsp3) is 0.167. The van der Waals surface area contributed by atoms with Gasteiger partial charge in [-0.3, -0.25) is 5.32 Å². The van der Waals surface area contributed by atoms with Crippen molar-refractivity contribution in [3.05, 3.63) is 36.7 Å². The molecule has 5 nitrogen and oxygen atoms in total. The highest BCUT2D eigenvalue weighted by molar-refractivity contribution is 5.63. The van der Waals surface area contributed by atoms with Crippen molar-refractivity contribution in [2.75, 3.05) is 13.8 Å². The first-order valence-electron chi connectivity index (χ1n) is 5.19. The van der Waals surface area contributed by atoms with E-state index in [9.17, 15) is 5.11 Å². The maximum atomic E-state index is 9.65. The average molecular weight is 231 g/mol. The van der Waals surface area contributed by atoms with E-state index in [2.05, 4.69) is 15.3 Å². The number of rotatable bonds is 4. The number of nitrogens with zero attached hydrogens (tertiary/aromatic N) is 2. The van der Waals surface area contributed by atoms with E-state index in [0.29, 0.717) is 23.9 Å². The maximum absolute atomic E-state index is 9.65. The van der Waals surface area contributed by atoms with Crippen LogP contribution in [0.3, 0.4) is 0 Å². The van der Waals surface area contributed by atoms with E-state index in [1.54, 1.807) is 37.6 Å². The zero-order valence-corrected chi connectivity index (χ0v) is 9.42. The minimum atomic E-state index is 0.163. The van der Waals surface area contributed by atoms with Crippen molar-refractivity contribution in [3.63, 3.8) is 0 Å². The first kappa shape index (κ1) is 11.3. The van der Waals surface area contributed by atoms with Gasteiger partial charge >= 0.3 is 0 Å². The quantitative estimate of drug-likeness (QED) is 0.779. The van der Waals surface area contributed by atoms with Gasteiger partial charge in [-0.1, -0.05) is 12.1 Å². The Morgan fingerprint density at radius 3 is 2.59 bits per heavy atom. The van der Waals surface area contributed by atoms with Crippen molar-refractivity contribution >= 4 is 0 Å². The van der Waals surface area contributed by atoms with Gasteiger partial charge in [-0.25, -0.2) is 9.97 Å². The summed E-state index contributed by atoms with van der Waals surface area (Å²) in [4.78, 5) is 8.28. The third-order valence-corrected chi connectivity index (χ3v) is 2.16. The number of hydrogen-bond acceptors (Lipinski definition) is 5. The molecule has 0 unspecified atom stereocenters.